The molecule has 1 aliphatic rings. The van der Waals surface area contributed by atoms with E-state index in [2.05, 4.69) is 27.5 Å². The number of nitrogens with zero attached hydrogens (tertiary/aromatic N) is 1. The molecule has 1 aliphatic carbocycles. The van der Waals surface area contributed by atoms with Crippen molar-refractivity contribution in [2.45, 2.75) is 44.0 Å². The third-order valence-electron chi connectivity index (χ3n) is 3.51. The number of amides is 1. The third kappa shape index (κ3) is 2.94. The average Bonchev–Trinajstić information content (AvgIpc) is 2.94. The molecular weight excluding hydrogens is 312 g/mol. The maximum Gasteiger partial charge on any atom is 0.268 e. The minimum atomic E-state index is 0.0495. The van der Waals surface area contributed by atoms with Crippen LogP contribution in [0.15, 0.2) is 16.7 Å². The van der Waals surface area contributed by atoms with Crippen molar-refractivity contribution in [1.82, 2.24) is 9.88 Å². The van der Waals surface area contributed by atoms with E-state index in [-0.39, 0.29) is 5.91 Å². The molecule has 1 heterocycles. The molecule has 1 aromatic rings. The highest BCUT2D eigenvalue weighted by Gasteiger charge is 2.28. The summed E-state index contributed by atoms with van der Waals surface area (Å²) in [5, 5.41) is 3.75. The Kier molecular flexibility index (Phi) is 4.78. The summed E-state index contributed by atoms with van der Waals surface area (Å²) >= 11 is 5.29. The molecular formula is C13H19BrN2OS. The number of rotatable bonds is 4. The van der Waals surface area contributed by atoms with Crippen LogP contribution in [0.3, 0.4) is 0 Å². The van der Waals surface area contributed by atoms with E-state index < -0.39 is 0 Å². The summed E-state index contributed by atoms with van der Waals surface area (Å²) in [4.78, 5) is 12.3. The summed E-state index contributed by atoms with van der Waals surface area (Å²) in [5.74, 6) is 0.0495. The van der Waals surface area contributed by atoms with Crippen LogP contribution in [0.1, 0.15) is 36.7 Å². The molecule has 0 spiro atoms. The second-order valence-electron chi connectivity index (χ2n) is 4.61. The van der Waals surface area contributed by atoms with E-state index in [9.17, 15) is 4.79 Å². The molecule has 2 rings (SSSR count). The highest BCUT2D eigenvalue weighted by atomic mass is 79.9. The van der Waals surface area contributed by atoms with Gasteiger partial charge in [0, 0.05) is 28.5 Å². The van der Waals surface area contributed by atoms with Crippen LogP contribution in [-0.4, -0.2) is 28.0 Å². The van der Waals surface area contributed by atoms with Crippen molar-refractivity contribution in [3.63, 3.8) is 0 Å². The Bertz CT molecular complexity index is 433. The van der Waals surface area contributed by atoms with Gasteiger partial charge in [0.25, 0.3) is 5.91 Å². The van der Waals surface area contributed by atoms with Gasteiger partial charge in [-0.3, -0.25) is 4.79 Å². The van der Waals surface area contributed by atoms with Gasteiger partial charge in [-0.05, 0) is 48.0 Å². The molecule has 1 fully saturated rings. The minimum absolute atomic E-state index is 0.0495. The molecule has 0 aromatic carbocycles. The van der Waals surface area contributed by atoms with Crippen molar-refractivity contribution in [2.24, 2.45) is 0 Å². The molecule has 2 atom stereocenters. The normalized spacial score (nSPS) is 23.3. The van der Waals surface area contributed by atoms with Crippen LogP contribution in [0, 0.1) is 0 Å². The SMILES string of the molecule is CCn1cc(Br)cc1C(=O)NC1CCCC1SC. The lowest BCUT2D eigenvalue weighted by atomic mass is 10.2. The zero-order chi connectivity index (χ0) is 13.1. The Morgan fingerprint density at radius 1 is 1.61 bits per heavy atom. The monoisotopic (exact) mass is 330 g/mol. The molecule has 100 valence electrons. The predicted molar refractivity (Wildman–Crippen MR) is 80.2 cm³/mol. The maximum absolute atomic E-state index is 12.3. The van der Waals surface area contributed by atoms with Crippen molar-refractivity contribution in [1.29, 1.82) is 0 Å². The molecule has 0 radical (unpaired) electrons. The van der Waals surface area contributed by atoms with Crippen molar-refractivity contribution in [2.75, 3.05) is 6.26 Å². The van der Waals surface area contributed by atoms with Crippen LogP contribution in [0.2, 0.25) is 0 Å². The van der Waals surface area contributed by atoms with Crippen LogP contribution in [0.25, 0.3) is 0 Å². The number of aryl methyl sites for hydroxylation is 1. The summed E-state index contributed by atoms with van der Waals surface area (Å²) in [6, 6.07) is 2.22. The largest absolute Gasteiger partial charge is 0.347 e. The van der Waals surface area contributed by atoms with E-state index in [1.807, 2.05) is 35.5 Å². The van der Waals surface area contributed by atoms with Crippen LogP contribution in [-0.2, 0) is 6.54 Å². The predicted octanol–water partition coefficient (Wildman–Crippen LogP) is 3.28. The first-order valence-electron chi connectivity index (χ1n) is 6.35. The number of carbonyl (C=O) groups excluding carboxylic acids is 1. The van der Waals surface area contributed by atoms with Crippen molar-refractivity contribution in [3.05, 3.63) is 22.4 Å². The van der Waals surface area contributed by atoms with Gasteiger partial charge >= 0.3 is 0 Å². The standard InChI is InChI=1S/C13H19BrN2OS/c1-3-16-8-9(14)7-11(16)13(17)15-10-5-4-6-12(10)18-2/h7-8,10,12H,3-6H2,1-2H3,(H,15,17). The van der Waals surface area contributed by atoms with Gasteiger partial charge in [0.2, 0.25) is 0 Å². The molecule has 1 saturated carbocycles. The van der Waals surface area contributed by atoms with Gasteiger partial charge in [-0.1, -0.05) is 6.42 Å². The second-order valence-corrected chi connectivity index (χ2v) is 6.61. The fraction of sp³-hybridized carbons (Fsp3) is 0.615. The second kappa shape index (κ2) is 6.15. The fourth-order valence-corrected chi connectivity index (χ4v) is 3.94. The first-order chi connectivity index (χ1) is 8.65. The van der Waals surface area contributed by atoms with E-state index in [0.29, 0.717) is 11.3 Å². The Morgan fingerprint density at radius 3 is 3.06 bits per heavy atom. The zero-order valence-electron chi connectivity index (χ0n) is 10.8. The number of carbonyl (C=O) groups is 1. The number of halogens is 1. The van der Waals surface area contributed by atoms with Crippen molar-refractivity contribution >= 4 is 33.6 Å². The molecule has 1 aromatic heterocycles. The number of hydrogen-bond donors (Lipinski definition) is 1. The molecule has 0 aliphatic heterocycles. The van der Waals surface area contributed by atoms with Gasteiger partial charge < -0.3 is 9.88 Å². The van der Waals surface area contributed by atoms with Crippen molar-refractivity contribution in [3.8, 4) is 0 Å². The first-order valence-corrected chi connectivity index (χ1v) is 8.43. The van der Waals surface area contributed by atoms with Gasteiger partial charge in [-0.15, -0.1) is 0 Å². The van der Waals surface area contributed by atoms with Gasteiger partial charge in [0.1, 0.15) is 5.69 Å². The average molecular weight is 331 g/mol. The fourth-order valence-electron chi connectivity index (χ4n) is 2.54. The Balaban J connectivity index is 2.07. The summed E-state index contributed by atoms with van der Waals surface area (Å²) in [6.07, 6.45) is 7.61. The number of thioether (sulfide) groups is 1. The van der Waals surface area contributed by atoms with E-state index >= 15 is 0 Å². The maximum atomic E-state index is 12.3. The summed E-state index contributed by atoms with van der Waals surface area (Å²) in [6.45, 7) is 2.86. The number of aromatic nitrogens is 1. The quantitative estimate of drug-likeness (QED) is 0.919. The molecule has 0 bridgehead atoms. The molecule has 5 heteroatoms. The number of nitrogens with one attached hydrogen (secondary N) is 1. The van der Waals surface area contributed by atoms with Gasteiger partial charge in [0.15, 0.2) is 0 Å². The first kappa shape index (κ1) is 14.0. The summed E-state index contributed by atoms with van der Waals surface area (Å²) < 4.78 is 2.94. The van der Waals surface area contributed by atoms with Crippen molar-refractivity contribution < 1.29 is 4.79 Å². The van der Waals surface area contributed by atoms with Gasteiger partial charge in [-0.2, -0.15) is 11.8 Å². The van der Waals surface area contributed by atoms with Gasteiger partial charge in [-0.25, -0.2) is 0 Å². The molecule has 2 unspecified atom stereocenters. The number of hydrogen-bond acceptors (Lipinski definition) is 2. The summed E-state index contributed by atoms with van der Waals surface area (Å²) in [7, 11) is 0. The third-order valence-corrected chi connectivity index (χ3v) is 5.11. The molecule has 18 heavy (non-hydrogen) atoms. The minimum Gasteiger partial charge on any atom is -0.347 e. The highest BCUT2D eigenvalue weighted by Crippen LogP contribution is 2.28. The Hall–Kier alpha value is -0.420. The van der Waals surface area contributed by atoms with Crippen LogP contribution in [0.5, 0.6) is 0 Å². The topological polar surface area (TPSA) is 34.0 Å². The summed E-state index contributed by atoms with van der Waals surface area (Å²) in [5.41, 5.74) is 0.746. The highest BCUT2D eigenvalue weighted by molar-refractivity contribution is 9.10. The Morgan fingerprint density at radius 2 is 2.39 bits per heavy atom. The van der Waals surface area contributed by atoms with Crippen LogP contribution >= 0.6 is 27.7 Å². The molecule has 1 N–H and O–H groups in total. The lowest BCUT2D eigenvalue weighted by Crippen LogP contribution is -2.39. The van der Waals surface area contributed by atoms with Gasteiger partial charge in [0.05, 0.1) is 0 Å². The zero-order valence-corrected chi connectivity index (χ0v) is 13.2. The lowest BCUT2D eigenvalue weighted by Gasteiger charge is -2.19. The smallest absolute Gasteiger partial charge is 0.268 e. The van der Waals surface area contributed by atoms with E-state index in [4.69, 9.17) is 0 Å². The molecule has 1 amide bonds. The van der Waals surface area contributed by atoms with Crippen LogP contribution < -0.4 is 5.32 Å². The Labute approximate surface area is 121 Å². The molecule has 3 nitrogen and oxygen atoms in total. The lowest BCUT2D eigenvalue weighted by molar-refractivity contribution is 0.0929. The van der Waals surface area contributed by atoms with Crippen LogP contribution in [0.4, 0.5) is 0 Å². The van der Waals surface area contributed by atoms with E-state index in [0.717, 1.165) is 23.1 Å². The molecule has 0 saturated heterocycles. The van der Waals surface area contributed by atoms with E-state index in [1.54, 1.807) is 0 Å². The van der Waals surface area contributed by atoms with E-state index in [1.165, 1.54) is 12.8 Å².